The largest absolute Gasteiger partial charge is 0.504 e. The van der Waals surface area contributed by atoms with E-state index >= 15 is 0 Å². The van der Waals surface area contributed by atoms with Crippen molar-refractivity contribution in [1.29, 1.82) is 0 Å². The first kappa shape index (κ1) is 21.1. The molecule has 0 saturated carbocycles. The number of aliphatic hydroxyl groups is 1. The van der Waals surface area contributed by atoms with Gasteiger partial charge in [0, 0.05) is 17.4 Å². The average Bonchev–Trinajstić information content (AvgIpc) is 2.50. The van der Waals surface area contributed by atoms with Crippen LogP contribution in [0.15, 0.2) is 46.3 Å². The molecule has 0 spiro atoms. The van der Waals surface area contributed by atoms with Crippen molar-refractivity contribution in [3.05, 3.63) is 46.3 Å². The zero-order valence-electron chi connectivity index (χ0n) is 16.5. The Balaban J connectivity index is 2.89. The summed E-state index contributed by atoms with van der Waals surface area (Å²) in [5.41, 5.74) is 2.99. The monoisotopic (exact) mass is 344 g/mol. The first-order valence-electron chi connectivity index (χ1n) is 8.99. The minimum atomic E-state index is -0.829. The summed E-state index contributed by atoms with van der Waals surface area (Å²) in [6, 6.07) is 0. The second kappa shape index (κ2) is 8.98. The average molecular weight is 344 g/mol. The lowest BCUT2D eigenvalue weighted by atomic mass is 9.71. The van der Waals surface area contributed by atoms with Gasteiger partial charge in [-0.25, -0.2) is 0 Å². The van der Waals surface area contributed by atoms with E-state index in [1.807, 2.05) is 32.9 Å². The van der Waals surface area contributed by atoms with Gasteiger partial charge in [0.05, 0.1) is 0 Å². The van der Waals surface area contributed by atoms with E-state index in [4.69, 9.17) is 0 Å². The molecule has 3 heteroatoms. The smallest absolute Gasteiger partial charge is 0.204 e. The number of hydrogen-bond acceptors (Lipinski definition) is 3. The van der Waals surface area contributed by atoms with Gasteiger partial charge in [0.2, 0.25) is 5.78 Å². The minimum absolute atomic E-state index is 0.116. The quantitative estimate of drug-likeness (QED) is 0.595. The van der Waals surface area contributed by atoms with Gasteiger partial charge in [0.15, 0.2) is 11.5 Å². The van der Waals surface area contributed by atoms with Gasteiger partial charge in [-0.05, 0) is 60.3 Å². The number of ketones is 2. The van der Waals surface area contributed by atoms with E-state index < -0.39 is 5.41 Å². The maximum atomic E-state index is 12.6. The first-order valence-corrected chi connectivity index (χ1v) is 8.99. The van der Waals surface area contributed by atoms with E-state index in [1.165, 1.54) is 5.57 Å². The second-order valence-corrected chi connectivity index (χ2v) is 7.88. The third-order valence-electron chi connectivity index (χ3n) is 4.64. The van der Waals surface area contributed by atoms with Gasteiger partial charge in [-0.2, -0.15) is 0 Å². The Hall–Kier alpha value is -1.90. The van der Waals surface area contributed by atoms with E-state index in [2.05, 4.69) is 19.9 Å². The van der Waals surface area contributed by atoms with Crippen LogP contribution in [-0.4, -0.2) is 16.7 Å². The molecule has 138 valence electrons. The fraction of sp³-hybridized carbons (Fsp3) is 0.545. The van der Waals surface area contributed by atoms with Crippen LogP contribution in [0.1, 0.15) is 73.6 Å². The highest BCUT2D eigenvalue weighted by Gasteiger charge is 2.43. The van der Waals surface area contributed by atoms with E-state index in [0.717, 1.165) is 24.0 Å². The van der Waals surface area contributed by atoms with Gasteiger partial charge in [-0.15, -0.1) is 0 Å². The molecule has 3 nitrogen and oxygen atoms in total. The number of allylic oxidation sites excluding steroid dienone is 8. The van der Waals surface area contributed by atoms with Crippen LogP contribution in [0.2, 0.25) is 0 Å². The molecule has 0 fully saturated rings. The summed E-state index contributed by atoms with van der Waals surface area (Å²) in [4.78, 5) is 25.1. The normalized spacial score (nSPS) is 21.4. The van der Waals surface area contributed by atoms with Gasteiger partial charge in [0.1, 0.15) is 0 Å². The highest BCUT2D eigenvalue weighted by molar-refractivity contribution is 6.13. The number of aliphatic hydroxyl groups excluding tert-OH is 1. The number of Topliss-reactive ketones (excluding diaryl/α,β-unsaturated/α-hetero) is 2. The molecule has 0 aromatic rings. The summed E-state index contributed by atoms with van der Waals surface area (Å²) in [5.74, 6) is -0.764. The van der Waals surface area contributed by atoms with Crippen molar-refractivity contribution >= 4 is 11.6 Å². The van der Waals surface area contributed by atoms with Crippen LogP contribution in [0.3, 0.4) is 0 Å². The molecule has 0 aliphatic heterocycles. The Kier molecular flexibility index (Phi) is 7.60. The lowest BCUT2D eigenvalue weighted by Crippen LogP contribution is -2.37. The zero-order chi connectivity index (χ0) is 19.2. The van der Waals surface area contributed by atoms with E-state index in [0.29, 0.717) is 12.8 Å². The van der Waals surface area contributed by atoms with Crippen molar-refractivity contribution in [2.75, 3.05) is 0 Å². The maximum absolute atomic E-state index is 12.6. The van der Waals surface area contributed by atoms with E-state index in [9.17, 15) is 14.7 Å². The molecule has 1 N–H and O–H groups in total. The molecular formula is C22H32O3. The first-order chi connectivity index (χ1) is 11.6. The summed E-state index contributed by atoms with van der Waals surface area (Å²) >= 11 is 0. The molecule has 0 radical (unpaired) electrons. The molecular weight excluding hydrogens is 312 g/mol. The van der Waals surface area contributed by atoms with Crippen molar-refractivity contribution in [1.82, 2.24) is 0 Å². The molecule has 0 bridgehead atoms. The van der Waals surface area contributed by atoms with Crippen LogP contribution in [0.25, 0.3) is 0 Å². The topological polar surface area (TPSA) is 54.4 Å². The molecule has 1 aliphatic carbocycles. The molecule has 0 heterocycles. The second-order valence-electron chi connectivity index (χ2n) is 7.88. The third kappa shape index (κ3) is 6.15. The van der Waals surface area contributed by atoms with Crippen molar-refractivity contribution in [3.63, 3.8) is 0 Å². The lowest BCUT2D eigenvalue weighted by molar-refractivity contribution is -0.133. The summed E-state index contributed by atoms with van der Waals surface area (Å²) < 4.78 is 0. The van der Waals surface area contributed by atoms with Gasteiger partial charge in [-0.1, -0.05) is 41.9 Å². The predicted molar refractivity (Wildman–Crippen MR) is 103 cm³/mol. The van der Waals surface area contributed by atoms with Crippen LogP contribution in [0, 0.1) is 5.41 Å². The van der Waals surface area contributed by atoms with Gasteiger partial charge >= 0.3 is 0 Å². The van der Waals surface area contributed by atoms with Crippen LogP contribution < -0.4 is 0 Å². The van der Waals surface area contributed by atoms with Gasteiger partial charge in [0.25, 0.3) is 0 Å². The van der Waals surface area contributed by atoms with Gasteiger partial charge in [-0.3, -0.25) is 9.59 Å². The molecule has 1 unspecified atom stereocenters. The van der Waals surface area contributed by atoms with Crippen molar-refractivity contribution < 1.29 is 14.7 Å². The fourth-order valence-corrected chi connectivity index (χ4v) is 2.87. The van der Waals surface area contributed by atoms with Crippen LogP contribution in [-0.2, 0) is 9.59 Å². The molecule has 0 saturated heterocycles. The Labute approximate surface area is 152 Å². The summed E-state index contributed by atoms with van der Waals surface area (Å²) in [5, 5.41) is 10.3. The number of rotatable bonds is 7. The molecule has 0 aromatic carbocycles. The molecule has 1 atom stereocenters. The van der Waals surface area contributed by atoms with Gasteiger partial charge < -0.3 is 5.11 Å². The standard InChI is InChI=1S/C22H32O3/c1-15(2)8-7-9-17(5)10-11-18-19(23)14-22(6,13-12-16(3)4)21(25)20(18)24/h8,10,12,24H,7,9,11,13-14H2,1-6H3. The Bertz CT molecular complexity index is 651. The molecule has 25 heavy (non-hydrogen) atoms. The Morgan fingerprint density at radius 1 is 1.04 bits per heavy atom. The number of carbonyl (C=O) groups is 2. The Morgan fingerprint density at radius 2 is 1.64 bits per heavy atom. The SMILES string of the molecule is CC(C)=CCCC(C)=CCC1=C(O)C(=O)C(C)(CC=C(C)C)CC1=O. The van der Waals surface area contributed by atoms with Crippen LogP contribution in [0.4, 0.5) is 0 Å². The molecule has 1 aliphatic rings. The number of hydrogen-bond donors (Lipinski definition) is 1. The highest BCUT2D eigenvalue weighted by Crippen LogP contribution is 2.38. The lowest BCUT2D eigenvalue weighted by Gasteiger charge is -2.31. The molecule has 1 rings (SSSR count). The maximum Gasteiger partial charge on any atom is 0.204 e. The Morgan fingerprint density at radius 3 is 2.20 bits per heavy atom. The summed E-state index contributed by atoms with van der Waals surface area (Å²) in [6.45, 7) is 11.8. The number of carbonyl (C=O) groups excluding carboxylic acids is 2. The van der Waals surface area contributed by atoms with E-state index in [-0.39, 0.29) is 29.3 Å². The zero-order valence-corrected chi connectivity index (χ0v) is 16.5. The van der Waals surface area contributed by atoms with Crippen molar-refractivity contribution in [2.45, 2.75) is 73.6 Å². The minimum Gasteiger partial charge on any atom is -0.504 e. The van der Waals surface area contributed by atoms with Crippen molar-refractivity contribution in [2.24, 2.45) is 5.41 Å². The van der Waals surface area contributed by atoms with E-state index in [1.54, 1.807) is 6.92 Å². The van der Waals surface area contributed by atoms with Crippen molar-refractivity contribution in [3.8, 4) is 0 Å². The van der Waals surface area contributed by atoms with Crippen LogP contribution >= 0.6 is 0 Å². The molecule has 0 amide bonds. The summed E-state index contributed by atoms with van der Waals surface area (Å²) in [6.07, 6.45) is 8.94. The summed E-state index contributed by atoms with van der Waals surface area (Å²) in [7, 11) is 0. The van der Waals surface area contributed by atoms with Crippen LogP contribution in [0.5, 0.6) is 0 Å². The predicted octanol–water partition coefficient (Wildman–Crippen LogP) is 5.79. The molecule has 0 aromatic heterocycles. The fourth-order valence-electron chi connectivity index (χ4n) is 2.87. The third-order valence-corrected chi connectivity index (χ3v) is 4.64. The highest BCUT2D eigenvalue weighted by atomic mass is 16.3.